The topological polar surface area (TPSA) is 41.6 Å². The van der Waals surface area contributed by atoms with E-state index in [0.717, 1.165) is 14.3 Å². The van der Waals surface area contributed by atoms with E-state index in [-0.39, 0.29) is 12.1 Å². The van der Waals surface area contributed by atoms with Crippen molar-refractivity contribution in [3.05, 3.63) is 26.8 Å². The van der Waals surface area contributed by atoms with Crippen molar-refractivity contribution in [1.82, 2.24) is 4.90 Å². The summed E-state index contributed by atoms with van der Waals surface area (Å²) in [6.07, 6.45) is -0.249. The molecule has 0 aliphatic carbocycles. The van der Waals surface area contributed by atoms with Gasteiger partial charge in [-0.05, 0) is 61.6 Å². The highest BCUT2D eigenvalue weighted by Gasteiger charge is 2.33. The molecule has 1 aliphatic heterocycles. The second-order valence-electron chi connectivity index (χ2n) is 5.85. The van der Waals surface area contributed by atoms with Crippen molar-refractivity contribution >= 4 is 46.0 Å². The van der Waals surface area contributed by atoms with Gasteiger partial charge in [0.25, 0.3) is 0 Å². The molecule has 20 heavy (non-hydrogen) atoms. The maximum absolute atomic E-state index is 11.8. The van der Waals surface area contributed by atoms with E-state index >= 15 is 0 Å². The normalized spacial score (nSPS) is 15.8. The molecule has 1 aliphatic rings. The van der Waals surface area contributed by atoms with E-state index in [2.05, 4.69) is 27.9 Å². The van der Waals surface area contributed by atoms with E-state index in [1.165, 1.54) is 0 Å². The van der Waals surface area contributed by atoms with E-state index in [4.69, 9.17) is 16.3 Å². The van der Waals surface area contributed by atoms with Crippen LogP contribution in [0.4, 0.5) is 10.5 Å². The molecule has 1 N–H and O–H groups in total. The number of hydrogen-bond acceptors (Lipinski definition) is 3. The van der Waals surface area contributed by atoms with Crippen molar-refractivity contribution in [2.45, 2.75) is 32.4 Å². The second-order valence-corrected chi connectivity index (χ2v) is 7.45. The molecule has 4 nitrogen and oxygen atoms in total. The first-order valence-corrected chi connectivity index (χ1v) is 7.90. The number of amides is 1. The molecule has 0 bridgehead atoms. The first-order chi connectivity index (χ1) is 9.24. The van der Waals surface area contributed by atoms with Crippen LogP contribution in [0, 0.1) is 3.57 Å². The van der Waals surface area contributed by atoms with E-state index < -0.39 is 5.60 Å². The zero-order valence-corrected chi connectivity index (χ0v) is 14.7. The van der Waals surface area contributed by atoms with Crippen LogP contribution in [0.25, 0.3) is 0 Å². The summed E-state index contributed by atoms with van der Waals surface area (Å²) in [5, 5.41) is 4.13. The van der Waals surface area contributed by atoms with Gasteiger partial charge < -0.3 is 15.0 Å². The van der Waals surface area contributed by atoms with Gasteiger partial charge in [0.05, 0.1) is 6.04 Å². The zero-order chi connectivity index (χ0) is 14.9. The minimum atomic E-state index is -0.443. The molecule has 110 valence electrons. The molecule has 6 heteroatoms. The molecule has 0 radical (unpaired) electrons. The Morgan fingerprint density at radius 1 is 1.45 bits per heavy atom. The number of nitrogens with zero attached hydrogens (tertiary/aromatic N) is 1. The Morgan fingerprint density at radius 3 is 2.65 bits per heavy atom. The number of ether oxygens (including phenoxy) is 1. The lowest BCUT2D eigenvalue weighted by Crippen LogP contribution is -2.58. The Bertz CT molecular complexity index is 510. The highest BCUT2D eigenvalue weighted by atomic mass is 127. The first kappa shape index (κ1) is 15.7. The number of benzene rings is 1. The third-order valence-electron chi connectivity index (χ3n) is 2.82. The van der Waals surface area contributed by atoms with Gasteiger partial charge in [0.15, 0.2) is 0 Å². The van der Waals surface area contributed by atoms with Crippen LogP contribution < -0.4 is 5.32 Å². The Labute approximate surface area is 137 Å². The molecule has 1 saturated heterocycles. The zero-order valence-electron chi connectivity index (χ0n) is 11.7. The number of anilines is 1. The first-order valence-electron chi connectivity index (χ1n) is 6.44. The molecule has 1 heterocycles. The highest BCUT2D eigenvalue weighted by Crippen LogP contribution is 2.25. The van der Waals surface area contributed by atoms with Gasteiger partial charge in [-0.3, -0.25) is 0 Å². The van der Waals surface area contributed by atoms with Crippen LogP contribution in [0.3, 0.4) is 0 Å². The molecule has 2 rings (SSSR count). The SMILES string of the molecule is CC(C)(C)OC(=O)N1CC(Nc2ccc(Cl)cc2I)C1. The predicted molar refractivity (Wildman–Crippen MR) is 89.4 cm³/mol. The summed E-state index contributed by atoms with van der Waals surface area (Å²) in [7, 11) is 0. The second kappa shape index (κ2) is 5.97. The number of carbonyl (C=O) groups excluding carboxylic acids is 1. The summed E-state index contributed by atoms with van der Waals surface area (Å²) in [4.78, 5) is 13.5. The van der Waals surface area contributed by atoms with Crippen molar-refractivity contribution < 1.29 is 9.53 Å². The molecule has 1 aromatic carbocycles. The third-order valence-corrected chi connectivity index (χ3v) is 3.95. The average molecular weight is 409 g/mol. The van der Waals surface area contributed by atoms with E-state index in [1.807, 2.05) is 39.0 Å². The van der Waals surface area contributed by atoms with Crippen molar-refractivity contribution in [3.63, 3.8) is 0 Å². The van der Waals surface area contributed by atoms with Gasteiger partial charge in [-0.25, -0.2) is 4.79 Å². The highest BCUT2D eigenvalue weighted by molar-refractivity contribution is 14.1. The molecule has 0 spiro atoms. The number of likely N-dealkylation sites (tertiary alicyclic amines) is 1. The smallest absolute Gasteiger partial charge is 0.410 e. The summed E-state index contributed by atoms with van der Waals surface area (Å²) >= 11 is 8.17. The van der Waals surface area contributed by atoms with Gasteiger partial charge >= 0.3 is 6.09 Å². The number of rotatable bonds is 2. The van der Waals surface area contributed by atoms with Gasteiger partial charge in [-0.2, -0.15) is 0 Å². The maximum atomic E-state index is 11.8. The summed E-state index contributed by atoms with van der Waals surface area (Å²) < 4.78 is 6.39. The average Bonchev–Trinajstić information content (AvgIpc) is 2.22. The Kier molecular flexibility index (Phi) is 4.69. The van der Waals surface area contributed by atoms with Crippen molar-refractivity contribution in [3.8, 4) is 0 Å². The number of nitrogens with one attached hydrogen (secondary N) is 1. The van der Waals surface area contributed by atoms with Crippen LogP contribution >= 0.6 is 34.2 Å². The Hall–Kier alpha value is -0.690. The molecule has 0 saturated carbocycles. The van der Waals surface area contributed by atoms with Crippen LogP contribution in [0.15, 0.2) is 18.2 Å². The molecule has 0 atom stereocenters. The van der Waals surface area contributed by atoms with Gasteiger partial charge in [0.2, 0.25) is 0 Å². The standard InChI is InChI=1S/C14H18ClIN2O2/c1-14(2,3)20-13(19)18-7-10(8-18)17-12-5-4-9(15)6-11(12)16/h4-6,10,17H,7-8H2,1-3H3. The number of carbonyl (C=O) groups is 1. The predicted octanol–water partition coefficient (Wildman–Crippen LogP) is 3.98. The van der Waals surface area contributed by atoms with Crippen molar-refractivity contribution in [2.75, 3.05) is 18.4 Å². The molecular formula is C14H18ClIN2O2. The fourth-order valence-electron chi connectivity index (χ4n) is 1.87. The maximum Gasteiger partial charge on any atom is 0.410 e. The summed E-state index contributed by atoms with van der Waals surface area (Å²) in [6.45, 7) is 6.94. The molecule has 1 fully saturated rings. The summed E-state index contributed by atoms with van der Waals surface area (Å²) in [6, 6.07) is 5.99. The monoisotopic (exact) mass is 408 g/mol. The molecule has 1 amide bonds. The number of hydrogen-bond donors (Lipinski definition) is 1. The third kappa shape index (κ3) is 4.15. The van der Waals surface area contributed by atoms with Crippen molar-refractivity contribution in [1.29, 1.82) is 0 Å². The van der Waals surface area contributed by atoms with Crippen LogP contribution in [-0.4, -0.2) is 35.7 Å². The molecule has 1 aromatic rings. The van der Waals surface area contributed by atoms with Gasteiger partial charge in [0, 0.05) is 27.4 Å². The van der Waals surface area contributed by atoms with E-state index in [1.54, 1.807) is 4.90 Å². The van der Waals surface area contributed by atoms with Crippen LogP contribution in [0.1, 0.15) is 20.8 Å². The van der Waals surface area contributed by atoms with Crippen LogP contribution in [-0.2, 0) is 4.74 Å². The quantitative estimate of drug-likeness (QED) is 0.753. The lowest BCUT2D eigenvalue weighted by atomic mass is 10.1. The Morgan fingerprint density at radius 2 is 2.10 bits per heavy atom. The van der Waals surface area contributed by atoms with Crippen molar-refractivity contribution in [2.24, 2.45) is 0 Å². The fourth-order valence-corrected chi connectivity index (χ4v) is 2.90. The minimum Gasteiger partial charge on any atom is -0.444 e. The van der Waals surface area contributed by atoms with Crippen LogP contribution in [0.2, 0.25) is 5.02 Å². The summed E-state index contributed by atoms with van der Waals surface area (Å²) in [5.74, 6) is 0. The van der Waals surface area contributed by atoms with Gasteiger partial charge in [-0.1, -0.05) is 11.6 Å². The Balaban J connectivity index is 1.83. The minimum absolute atomic E-state index is 0.249. The summed E-state index contributed by atoms with van der Waals surface area (Å²) in [5.41, 5.74) is 0.602. The fraction of sp³-hybridized carbons (Fsp3) is 0.500. The van der Waals surface area contributed by atoms with Gasteiger partial charge in [0.1, 0.15) is 5.60 Å². The lowest BCUT2D eigenvalue weighted by molar-refractivity contribution is 0.0105. The number of halogens is 2. The molecular weight excluding hydrogens is 391 g/mol. The molecule has 0 aromatic heterocycles. The van der Waals surface area contributed by atoms with E-state index in [0.29, 0.717) is 13.1 Å². The lowest BCUT2D eigenvalue weighted by Gasteiger charge is -2.40. The largest absolute Gasteiger partial charge is 0.444 e. The van der Waals surface area contributed by atoms with Gasteiger partial charge in [-0.15, -0.1) is 0 Å². The van der Waals surface area contributed by atoms with E-state index in [9.17, 15) is 4.79 Å². The van der Waals surface area contributed by atoms with Crippen LogP contribution in [0.5, 0.6) is 0 Å². The molecule has 0 unspecified atom stereocenters.